The lowest BCUT2D eigenvalue weighted by atomic mass is 9.85. The van der Waals surface area contributed by atoms with E-state index in [-0.39, 0.29) is 23.8 Å². The minimum absolute atomic E-state index is 0.000653. The van der Waals surface area contributed by atoms with Gasteiger partial charge < -0.3 is 16.4 Å². The summed E-state index contributed by atoms with van der Waals surface area (Å²) in [6, 6.07) is 10.1. The lowest BCUT2D eigenvalue weighted by Crippen LogP contribution is -2.37. The molecule has 0 aliphatic heterocycles. The van der Waals surface area contributed by atoms with Gasteiger partial charge in [-0.1, -0.05) is 30.3 Å². The number of amides is 2. The number of nitrogens with zero attached hydrogens (tertiary/aromatic N) is 2. The van der Waals surface area contributed by atoms with Crippen LogP contribution in [0.3, 0.4) is 0 Å². The maximum atomic E-state index is 13.1. The molecule has 0 radical (unpaired) electrons. The Morgan fingerprint density at radius 1 is 1.16 bits per heavy atom. The third-order valence-electron chi connectivity index (χ3n) is 6.42. The first kappa shape index (κ1) is 22.0. The number of hydrogen-bond donors (Lipinski definition) is 4. The highest BCUT2D eigenvalue weighted by Gasteiger charge is 2.24. The number of nitrogens with one attached hydrogen (secondary N) is 3. The molecule has 0 bridgehead atoms. The van der Waals surface area contributed by atoms with Gasteiger partial charge in [0, 0.05) is 23.5 Å². The first-order chi connectivity index (χ1) is 15.5. The van der Waals surface area contributed by atoms with Crippen LogP contribution in [0.1, 0.15) is 60.1 Å². The van der Waals surface area contributed by atoms with E-state index < -0.39 is 0 Å². The number of nitrogens with two attached hydrogens (primary N) is 1. The van der Waals surface area contributed by atoms with E-state index in [2.05, 4.69) is 25.8 Å². The van der Waals surface area contributed by atoms with E-state index in [9.17, 15) is 9.59 Å². The largest absolute Gasteiger partial charge is 0.369 e. The monoisotopic (exact) mass is 434 g/mol. The molecule has 0 saturated heterocycles. The molecule has 1 aromatic carbocycles. The lowest BCUT2D eigenvalue weighted by molar-refractivity contribution is -0.122. The van der Waals surface area contributed by atoms with Crippen LogP contribution < -0.4 is 16.4 Å². The Balaban J connectivity index is 1.44. The molecule has 0 unspecified atom stereocenters. The molecule has 2 heterocycles. The number of H-pyrrole nitrogens is 1. The van der Waals surface area contributed by atoms with Gasteiger partial charge in [0.05, 0.1) is 17.8 Å². The standard InChI is InChI=1S/C24H30N6O2/c1-15(16-5-3-2-4-6-16)29-24(32)21-13-27-23-20(14-28-30-23)19(21)11-12-26-18-9-7-17(8-10-18)22(25)31/h2-6,13-15,17-18,26H,7-12H2,1H3,(H2,25,31)(H,29,32)(H,27,28,30)/t15-,17?,18?/m1/s1. The van der Waals surface area contributed by atoms with Gasteiger partial charge in [-0.25, -0.2) is 4.98 Å². The average molecular weight is 435 g/mol. The number of primary amides is 1. The molecule has 8 heteroatoms. The predicted octanol–water partition coefficient (Wildman–Crippen LogP) is 2.63. The van der Waals surface area contributed by atoms with Crippen molar-refractivity contribution >= 4 is 22.8 Å². The summed E-state index contributed by atoms with van der Waals surface area (Å²) in [6.45, 7) is 2.70. The van der Waals surface area contributed by atoms with E-state index >= 15 is 0 Å². The van der Waals surface area contributed by atoms with Crippen molar-refractivity contribution in [1.82, 2.24) is 25.8 Å². The Morgan fingerprint density at radius 2 is 1.91 bits per heavy atom. The number of pyridine rings is 1. The van der Waals surface area contributed by atoms with Gasteiger partial charge in [-0.15, -0.1) is 0 Å². The van der Waals surface area contributed by atoms with Gasteiger partial charge >= 0.3 is 0 Å². The number of aromatic nitrogens is 3. The maximum absolute atomic E-state index is 13.1. The first-order valence-electron chi connectivity index (χ1n) is 11.2. The summed E-state index contributed by atoms with van der Waals surface area (Å²) in [5.41, 5.74) is 8.66. The molecule has 1 saturated carbocycles. The fourth-order valence-electron chi connectivity index (χ4n) is 4.50. The van der Waals surface area contributed by atoms with Crippen molar-refractivity contribution in [3.05, 3.63) is 59.4 Å². The van der Waals surface area contributed by atoms with Crippen molar-refractivity contribution in [3.63, 3.8) is 0 Å². The van der Waals surface area contributed by atoms with Crippen molar-refractivity contribution in [1.29, 1.82) is 0 Å². The zero-order valence-electron chi connectivity index (χ0n) is 18.3. The van der Waals surface area contributed by atoms with Crippen LogP contribution in [-0.4, -0.2) is 39.6 Å². The van der Waals surface area contributed by atoms with Crippen molar-refractivity contribution in [2.24, 2.45) is 11.7 Å². The quantitative estimate of drug-likeness (QED) is 0.434. The SMILES string of the molecule is C[C@@H](NC(=O)c1cnc2[nH]ncc2c1CCNC1CCC(C(N)=O)CC1)c1ccccc1. The van der Waals surface area contributed by atoms with Crippen LogP contribution in [0.2, 0.25) is 0 Å². The van der Waals surface area contributed by atoms with Gasteiger partial charge in [-0.2, -0.15) is 5.10 Å². The topological polar surface area (TPSA) is 126 Å². The van der Waals surface area contributed by atoms with Gasteiger partial charge in [-0.3, -0.25) is 14.7 Å². The van der Waals surface area contributed by atoms with Crippen LogP contribution in [0.4, 0.5) is 0 Å². The molecule has 1 aliphatic rings. The van der Waals surface area contributed by atoms with Crippen LogP contribution >= 0.6 is 0 Å². The lowest BCUT2D eigenvalue weighted by Gasteiger charge is -2.27. The number of carbonyl (C=O) groups is 2. The van der Waals surface area contributed by atoms with Crippen molar-refractivity contribution in [2.45, 2.75) is 51.1 Å². The minimum Gasteiger partial charge on any atom is -0.369 e. The number of fused-ring (bicyclic) bond motifs is 1. The summed E-state index contributed by atoms with van der Waals surface area (Å²) < 4.78 is 0. The Hall–Kier alpha value is -3.26. The zero-order chi connectivity index (χ0) is 22.5. The minimum atomic E-state index is -0.192. The molecule has 0 spiro atoms. The van der Waals surface area contributed by atoms with E-state index in [0.29, 0.717) is 23.7 Å². The summed E-state index contributed by atoms with van der Waals surface area (Å²) in [5.74, 6) is -0.336. The van der Waals surface area contributed by atoms with Gasteiger partial charge in [0.2, 0.25) is 5.91 Å². The van der Waals surface area contributed by atoms with Crippen molar-refractivity contribution in [3.8, 4) is 0 Å². The fraction of sp³-hybridized carbons (Fsp3) is 0.417. The second kappa shape index (κ2) is 9.91. The van der Waals surface area contributed by atoms with E-state index in [4.69, 9.17) is 5.73 Å². The van der Waals surface area contributed by atoms with Crippen LogP contribution in [0.25, 0.3) is 11.0 Å². The molecule has 3 aromatic rings. The normalized spacial score (nSPS) is 19.5. The molecule has 1 aliphatic carbocycles. The summed E-state index contributed by atoms with van der Waals surface area (Å²) in [7, 11) is 0. The molecule has 32 heavy (non-hydrogen) atoms. The van der Waals surface area contributed by atoms with Crippen molar-refractivity contribution in [2.75, 3.05) is 6.54 Å². The summed E-state index contributed by atoms with van der Waals surface area (Å²) in [5, 5.41) is 14.5. The van der Waals surface area contributed by atoms with Crippen LogP contribution in [0.15, 0.2) is 42.7 Å². The summed E-state index contributed by atoms with van der Waals surface area (Å²) in [4.78, 5) is 28.9. The molecule has 168 valence electrons. The third-order valence-corrected chi connectivity index (χ3v) is 6.42. The number of aromatic amines is 1. The summed E-state index contributed by atoms with van der Waals surface area (Å²) in [6.07, 6.45) is 7.57. The van der Waals surface area contributed by atoms with Gasteiger partial charge in [-0.05, 0) is 56.7 Å². The Bertz CT molecular complexity index is 1070. The van der Waals surface area contributed by atoms with Crippen LogP contribution in [0, 0.1) is 5.92 Å². The number of carbonyl (C=O) groups excluding carboxylic acids is 2. The van der Waals surface area contributed by atoms with E-state index in [1.165, 1.54) is 0 Å². The fourth-order valence-corrected chi connectivity index (χ4v) is 4.50. The molecule has 2 amide bonds. The first-order valence-corrected chi connectivity index (χ1v) is 11.2. The highest BCUT2D eigenvalue weighted by Crippen LogP contribution is 2.25. The van der Waals surface area contributed by atoms with E-state index in [1.807, 2.05) is 37.3 Å². The molecular formula is C24H30N6O2. The molecule has 8 nitrogen and oxygen atoms in total. The second-order valence-corrected chi connectivity index (χ2v) is 8.54. The number of hydrogen-bond acceptors (Lipinski definition) is 5. The average Bonchev–Trinajstić information content (AvgIpc) is 3.29. The van der Waals surface area contributed by atoms with Gasteiger partial charge in [0.25, 0.3) is 5.91 Å². The molecule has 5 N–H and O–H groups in total. The predicted molar refractivity (Wildman–Crippen MR) is 123 cm³/mol. The second-order valence-electron chi connectivity index (χ2n) is 8.54. The highest BCUT2D eigenvalue weighted by atomic mass is 16.2. The molecule has 1 atom stereocenters. The molecule has 2 aromatic heterocycles. The van der Waals surface area contributed by atoms with E-state index in [0.717, 1.165) is 48.7 Å². The van der Waals surface area contributed by atoms with Crippen LogP contribution in [0.5, 0.6) is 0 Å². The van der Waals surface area contributed by atoms with Gasteiger partial charge in [0.1, 0.15) is 0 Å². The maximum Gasteiger partial charge on any atom is 0.253 e. The molecule has 1 fully saturated rings. The zero-order valence-corrected chi connectivity index (χ0v) is 18.3. The Morgan fingerprint density at radius 3 is 2.62 bits per heavy atom. The summed E-state index contributed by atoms with van der Waals surface area (Å²) >= 11 is 0. The third kappa shape index (κ3) is 4.96. The van der Waals surface area contributed by atoms with Crippen molar-refractivity contribution < 1.29 is 9.59 Å². The van der Waals surface area contributed by atoms with Crippen LogP contribution in [-0.2, 0) is 11.2 Å². The van der Waals surface area contributed by atoms with Gasteiger partial charge in [0.15, 0.2) is 5.65 Å². The number of rotatable bonds is 8. The molecular weight excluding hydrogens is 404 g/mol. The smallest absolute Gasteiger partial charge is 0.253 e. The Labute approximate surface area is 187 Å². The van der Waals surface area contributed by atoms with E-state index in [1.54, 1.807) is 12.4 Å². The Kier molecular flexibility index (Phi) is 6.80. The number of benzene rings is 1. The highest BCUT2D eigenvalue weighted by molar-refractivity contribution is 5.99. The molecule has 4 rings (SSSR count).